The first kappa shape index (κ1) is 18.5. The number of pyridine rings is 1. The van der Waals surface area contributed by atoms with E-state index < -0.39 is 0 Å². The molecule has 0 spiro atoms. The molecule has 0 fully saturated rings. The molecule has 1 heterocycles. The summed E-state index contributed by atoms with van der Waals surface area (Å²) in [6.45, 7) is 1.97. The number of amides is 1. The van der Waals surface area contributed by atoms with Crippen LogP contribution in [0, 0.1) is 6.92 Å². The van der Waals surface area contributed by atoms with Gasteiger partial charge in [-0.1, -0.05) is 12.1 Å². The number of anilines is 1. The van der Waals surface area contributed by atoms with Crippen LogP contribution in [-0.2, 0) is 11.2 Å². The maximum atomic E-state index is 12.3. The molecule has 0 aliphatic carbocycles. The molecule has 0 aliphatic rings. The van der Waals surface area contributed by atoms with Crippen LogP contribution in [-0.4, -0.2) is 25.1 Å². The number of fused-ring (bicyclic) bond motifs is 1. The van der Waals surface area contributed by atoms with Gasteiger partial charge in [0.15, 0.2) is 11.5 Å². The smallest absolute Gasteiger partial charge is 0.251 e. The van der Waals surface area contributed by atoms with Crippen LogP contribution in [0.2, 0.25) is 0 Å². The van der Waals surface area contributed by atoms with E-state index in [1.54, 1.807) is 32.4 Å². The van der Waals surface area contributed by atoms with E-state index in [0.717, 1.165) is 16.6 Å². The molecule has 0 bridgehead atoms. The zero-order valence-corrected chi connectivity index (χ0v) is 15.6. The summed E-state index contributed by atoms with van der Waals surface area (Å²) in [7, 11) is 3.11. The number of rotatable bonds is 6. The summed E-state index contributed by atoms with van der Waals surface area (Å²) in [4.78, 5) is 27.4. The molecule has 2 N–H and O–H groups in total. The number of hydrogen-bond acceptors (Lipinski definition) is 4. The Kier molecular flexibility index (Phi) is 5.45. The van der Waals surface area contributed by atoms with Gasteiger partial charge in [-0.15, -0.1) is 0 Å². The molecule has 140 valence electrons. The van der Waals surface area contributed by atoms with Crippen LogP contribution in [0.25, 0.3) is 10.9 Å². The van der Waals surface area contributed by atoms with Crippen molar-refractivity contribution in [3.05, 3.63) is 63.9 Å². The molecule has 0 unspecified atom stereocenters. The lowest BCUT2D eigenvalue weighted by Gasteiger charge is -2.10. The SMILES string of the molecule is COc1cc2cc(CCC(=O)Nc3cccc(C)c3)c(=O)[nH]c2cc1OC. The van der Waals surface area contributed by atoms with E-state index in [9.17, 15) is 9.59 Å². The van der Waals surface area contributed by atoms with E-state index in [-0.39, 0.29) is 17.9 Å². The molecule has 3 rings (SSSR count). The Morgan fingerprint density at radius 1 is 1.07 bits per heavy atom. The third-order valence-electron chi connectivity index (χ3n) is 4.35. The van der Waals surface area contributed by atoms with Crippen LogP contribution in [0.4, 0.5) is 5.69 Å². The summed E-state index contributed by atoms with van der Waals surface area (Å²) in [6.07, 6.45) is 0.563. The number of H-pyrrole nitrogens is 1. The van der Waals surface area contributed by atoms with E-state index in [2.05, 4.69) is 10.3 Å². The van der Waals surface area contributed by atoms with Crippen molar-refractivity contribution in [1.29, 1.82) is 0 Å². The van der Waals surface area contributed by atoms with Crippen LogP contribution in [0.1, 0.15) is 17.5 Å². The molecule has 0 saturated carbocycles. The minimum Gasteiger partial charge on any atom is -0.493 e. The van der Waals surface area contributed by atoms with Crippen LogP contribution in [0.5, 0.6) is 11.5 Å². The van der Waals surface area contributed by atoms with Gasteiger partial charge in [0.05, 0.1) is 19.7 Å². The highest BCUT2D eigenvalue weighted by molar-refractivity contribution is 5.91. The number of methoxy groups -OCH3 is 2. The molecule has 2 aromatic carbocycles. The Labute approximate surface area is 157 Å². The van der Waals surface area contributed by atoms with Gasteiger partial charge in [-0.25, -0.2) is 0 Å². The molecule has 0 atom stereocenters. The van der Waals surface area contributed by atoms with Crippen molar-refractivity contribution in [1.82, 2.24) is 4.98 Å². The largest absolute Gasteiger partial charge is 0.493 e. The Bertz CT molecular complexity index is 1040. The highest BCUT2D eigenvalue weighted by Gasteiger charge is 2.11. The topological polar surface area (TPSA) is 80.4 Å². The molecule has 0 aliphatic heterocycles. The van der Waals surface area contributed by atoms with Gasteiger partial charge in [0.2, 0.25) is 5.91 Å². The first-order chi connectivity index (χ1) is 13.0. The lowest BCUT2D eigenvalue weighted by atomic mass is 10.1. The van der Waals surface area contributed by atoms with Crippen LogP contribution >= 0.6 is 0 Å². The molecular weight excluding hydrogens is 344 g/mol. The van der Waals surface area contributed by atoms with Crippen molar-refractivity contribution in [2.45, 2.75) is 19.8 Å². The number of nitrogens with one attached hydrogen (secondary N) is 2. The van der Waals surface area contributed by atoms with Crippen LogP contribution < -0.4 is 20.3 Å². The van der Waals surface area contributed by atoms with E-state index in [1.807, 2.05) is 31.2 Å². The lowest BCUT2D eigenvalue weighted by Crippen LogP contribution is -2.17. The molecule has 0 saturated heterocycles. The molecule has 27 heavy (non-hydrogen) atoms. The number of aromatic nitrogens is 1. The van der Waals surface area contributed by atoms with E-state index >= 15 is 0 Å². The predicted octanol–water partition coefficient (Wildman–Crippen LogP) is 3.43. The minimum atomic E-state index is -0.210. The number of aryl methyl sites for hydroxylation is 2. The molecular formula is C21H22N2O4. The van der Waals surface area contributed by atoms with Gasteiger partial charge in [0.25, 0.3) is 5.56 Å². The van der Waals surface area contributed by atoms with Gasteiger partial charge >= 0.3 is 0 Å². The van der Waals surface area contributed by atoms with Gasteiger partial charge in [-0.3, -0.25) is 9.59 Å². The zero-order chi connectivity index (χ0) is 19.4. The van der Waals surface area contributed by atoms with E-state index in [4.69, 9.17) is 9.47 Å². The summed E-state index contributed by atoms with van der Waals surface area (Å²) in [5, 5.41) is 3.68. The Hall–Kier alpha value is -3.28. The third kappa shape index (κ3) is 4.28. The van der Waals surface area contributed by atoms with E-state index in [0.29, 0.717) is 29.0 Å². The second-order valence-corrected chi connectivity index (χ2v) is 6.34. The average molecular weight is 366 g/mol. The fourth-order valence-corrected chi connectivity index (χ4v) is 2.96. The average Bonchev–Trinajstić information content (AvgIpc) is 2.65. The fraction of sp³-hybridized carbons (Fsp3) is 0.238. The van der Waals surface area contributed by atoms with Crippen molar-refractivity contribution in [3.8, 4) is 11.5 Å². The lowest BCUT2D eigenvalue weighted by molar-refractivity contribution is -0.116. The predicted molar refractivity (Wildman–Crippen MR) is 106 cm³/mol. The molecule has 3 aromatic rings. The summed E-state index contributed by atoms with van der Waals surface area (Å²) in [5.41, 5.74) is 2.82. The molecule has 0 radical (unpaired) electrons. The fourth-order valence-electron chi connectivity index (χ4n) is 2.96. The summed E-state index contributed by atoms with van der Waals surface area (Å²) < 4.78 is 10.6. The summed E-state index contributed by atoms with van der Waals surface area (Å²) in [6, 6.07) is 12.9. The number of carbonyl (C=O) groups excluding carboxylic acids is 1. The molecule has 1 amide bonds. The van der Waals surface area contributed by atoms with Crippen molar-refractivity contribution in [3.63, 3.8) is 0 Å². The van der Waals surface area contributed by atoms with Gasteiger partial charge < -0.3 is 19.8 Å². The van der Waals surface area contributed by atoms with Crippen molar-refractivity contribution >= 4 is 22.5 Å². The highest BCUT2D eigenvalue weighted by Crippen LogP contribution is 2.31. The maximum Gasteiger partial charge on any atom is 0.251 e. The van der Waals surface area contributed by atoms with Crippen molar-refractivity contribution in [2.24, 2.45) is 0 Å². The first-order valence-corrected chi connectivity index (χ1v) is 8.64. The second kappa shape index (κ2) is 7.95. The number of benzene rings is 2. The van der Waals surface area contributed by atoms with Crippen LogP contribution in [0.15, 0.2) is 47.3 Å². The zero-order valence-electron chi connectivity index (χ0n) is 15.6. The number of aromatic amines is 1. The van der Waals surface area contributed by atoms with Gasteiger partial charge in [-0.05, 0) is 43.2 Å². The number of ether oxygens (including phenoxy) is 2. The van der Waals surface area contributed by atoms with Gasteiger partial charge in [0.1, 0.15) is 0 Å². The summed E-state index contributed by atoms with van der Waals surface area (Å²) in [5.74, 6) is 0.999. The summed E-state index contributed by atoms with van der Waals surface area (Å²) >= 11 is 0. The highest BCUT2D eigenvalue weighted by atomic mass is 16.5. The number of carbonyl (C=O) groups is 1. The first-order valence-electron chi connectivity index (χ1n) is 8.64. The minimum absolute atomic E-state index is 0.132. The molecule has 6 nitrogen and oxygen atoms in total. The monoisotopic (exact) mass is 366 g/mol. The molecule has 1 aromatic heterocycles. The van der Waals surface area contributed by atoms with Crippen molar-refractivity contribution in [2.75, 3.05) is 19.5 Å². The van der Waals surface area contributed by atoms with Gasteiger partial charge in [-0.2, -0.15) is 0 Å². The Balaban J connectivity index is 1.77. The Morgan fingerprint density at radius 2 is 1.81 bits per heavy atom. The third-order valence-corrected chi connectivity index (χ3v) is 4.35. The molecule has 6 heteroatoms. The van der Waals surface area contributed by atoms with E-state index in [1.165, 1.54) is 0 Å². The maximum absolute atomic E-state index is 12.3. The Morgan fingerprint density at radius 3 is 2.52 bits per heavy atom. The quantitative estimate of drug-likeness (QED) is 0.700. The second-order valence-electron chi connectivity index (χ2n) is 6.34. The van der Waals surface area contributed by atoms with Gasteiger partial charge in [0, 0.05) is 29.1 Å². The van der Waals surface area contributed by atoms with Crippen LogP contribution in [0.3, 0.4) is 0 Å². The van der Waals surface area contributed by atoms with Crippen molar-refractivity contribution < 1.29 is 14.3 Å². The number of hydrogen-bond donors (Lipinski definition) is 2. The normalized spacial score (nSPS) is 10.6. The standard InChI is InChI=1S/C21H22N2O4/c1-13-5-4-6-16(9-13)22-20(24)8-7-14-10-15-11-18(26-2)19(27-3)12-17(15)23-21(14)25/h4-6,9-12H,7-8H2,1-3H3,(H,22,24)(H,23,25).